The summed E-state index contributed by atoms with van der Waals surface area (Å²) >= 11 is 0. The molecule has 1 aromatic rings. The van der Waals surface area contributed by atoms with Gasteiger partial charge in [0, 0.05) is 18.7 Å². The number of hydrogen-bond acceptors (Lipinski definition) is 4. The summed E-state index contributed by atoms with van der Waals surface area (Å²) in [6, 6.07) is 5.65. The number of benzene rings is 1. The highest BCUT2D eigenvalue weighted by Gasteiger charge is 2.22. The fourth-order valence-corrected chi connectivity index (χ4v) is 3.07. The van der Waals surface area contributed by atoms with Crippen molar-refractivity contribution >= 4 is 18.3 Å². The van der Waals surface area contributed by atoms with Crippen LogP contribution in [0.5, 0.6) is 0 Å². The summed E-state index contributed by atoms with van der Waals surface area (Å²) in [5, 5.41) is 18.8. The Bertz CT molecular complexity index is 672. The Balaban J connectivity index is 0.000000242. The summed E-state index contributed by atoms with van der Waals surface area (Å²) in [7, 11) is 0. The van der Waals surface area contributed by atoms with Gasteiger partial charge < -0.3 is 15.5 Å². The van der Waals surface area contributed by atoms with Gasteiger partial charge in [0.25, 0.3) is 0 Å². The third-order valence-electron chi connectivity index (χ3n) is 4.20. The van der Waals surface area contributed by atoms with E-state index in [4.69, 9.17) is 10.2 Å². The van der Waals surface area contributed by atoms with Gasteiger partial charge in [0.1, 0.15) is 5.82 Å². The van der Waals surface area contributed by atoms with Gasteiger partial charge in [-0.2, -0.15) is 0 Å². The molecule has 2 aliphatic rings. The van der Waals surface area contributed by atoms with Gasteiger partial charge in [-0.05, 0) is 54.9 Å². The second kappa shape index (κ2) is 8.96. The van der Waals surface area contributed by atoms with E-state index < -0.39 is 11.9 Å². The lowest BCUT2D eigenvalue weighted by Gasteiger charge is -2.25. The van der Waals surface area contributed by atoms with Crippen molar-refractivity contribution in [2.45, 2.75) is 31.7 Å². The topological polar surface area (TPSA) is 99.0 Å². The number of rotatable bonds is 4. The van der Waals surface area contributed by atoms with Crippen LogP contribution >= 0.6 is 0 Å². The van der Waals surface area contributed by atoms with Crippen LogP contribution in [0.15, 0.2) is 35.3 Å². The molecule has 0 saturated heterocycles. The van der Waals surface area contributed by atoms with Crippen LogP contribution in [0.1, 0.15) is 24.0 Å². The van der Waals surface area contributed by atoms with Crippen molar-refractivity contribution in [2.75, 3.05) is 6.54 Å². The minimum atomic E-state index is -1.26. The van der Waals surface area contributed by atoms with Gasteiger partial charge in [0.2, 0.25) is 0 Å². The molecule has 1 aliphatic carbocycles. The first kappa shape index (κ1) is 18.6. The highest BCUT2D eigenvalue weighted by Crippen LogP contribution is 2.29. The quantitative estimate of drug-likeness (QED) is 0.723. The Kier molecular flexibility index (Phi) is 6.68. The van der Waals surface area contributed by atoms with Gasteiger partial charge in [-0.3, -0.25) is 4.99 Å². The first-order valence-corrected chi connectivity index (χ1v) is 8.10. The Labute approximate surface area is 145 Å². The number of nitrogens with zero attached hydrogens (tertiary/aromatic N) is 1. The predicted octanol–water partition coefficient (Wildman–Crippen LogP) is 2.03. The average molecular weight is 348 g/mol. The number of nitrogens with one attached hydrogen (secondary N) is 1. The fraction of sp³-hybridized carbons (Fsp3) is 0.389. The van der Waals surface area contributed by atoms with Crippen LogP contribution in [0.3, 0.4) is 0 Å². The normalized spacial score (nSPS) is 21.2. The molecule has 0 fully saturated rings. The second-order valence-corrected chi connectivity index (χ2v) is 6.11. The molecule has 2 atom stereocenters. The molecule has 1 aliphatic heterocycles. The summed E-state index contributed by atoms with van der Waals surface area (Å²) in [5.74, 6) is -1.96. The number of aliphatic imine (C=N–C) groups is 1. The highest BCUT2D eigenvalue weighted by molar-refractivity contribution is 5.89. The predicted molar refractivity (Wildman–Crippen MR) is 91.2 cm³/mol. The Morgan fingerprint density at radius 3 is 2.56 bits per heavy atom. The number of carboxylic acids is 2. The molecule has 0 bridgehead atoms. The molecule has 1 heterocycles. The number of carboxylic acid groups (broad SMARTS) is 2. The molecule has 0 spiro atoms. The molecule has 1 aromatic carbocycles. The van der Waals surface area contributed by atoms with E-state index in [0.717, 1.165) is 25.8 Å². The molecular formula is C18H21FN2O4. The third-order valence-corrected chi connectivity index (χ3v) is 4.20. The van der Waals surface area contributed by atoms with E-state index in [0.29, 0.717) is 24.1 Å². The van der Waals surface area contributed by atoms with Gasteiger partial charge in [0.05, 0.1) is 12.4 Å². The lowest BCUT2D eigenvalue weighted by molar-refractivity contribution is -0.134. The second-order valence-electron chi connectivity index (χ2n) is 6.11. The maximum absolute atomic E-state index is 13.2. The SMILES string of the molecule is Fc1ccc2c(c1)CC(CC1CNC=N1)CC2.O=C(O)/C=C/C(=O)O. The molecule has 25 heavy (non-hydrogen) atoms. The van der Waals surface area contributed by atoms with E-state index in [1.807, 2.05) is 6.07 Å². The molecule has 0 aromatic heterocycles. The lowest BCUT2D eigenvalue weighted by atomic mass is 9.81. The third kappa shape index (κ3) is 6.37. The van der Waals surface area contributed by atoms with Crippen molar-refractivity contribution < 1.29 is 24.2 Å². The van der Waals surface area contributed by atoms with Crippen LogP contribution in [0.2, 0.25) is 0 Å². The maximum atomic E-state index is 13.2. The standard InChI is InChI=1S/C14H17FN2.C4H4O4/c15-13-4-3-11-2-1-10(5-12(11)7-13)6-14-8-16-9-17-14;5-3(6)1-2-4(7)8/h3-4,7,9-10,14H,1-2,5-6,8H2,(H,16,17);1-2H,(H,5,6)(H,7,8)/b;2-1+. The fourth-order valence-electron chi connectivity index (χ4n) is 3.07. The summed E-state index contributed by atoms with van der Waals surface area (Å²) in [6.07, 6.45) is 7.36. The zero-order chi connectivity index (χ0) is 18.2. The number of fused-ring (bicyclic) bond motifs is 1. The summed E-state index contributed by atoms with van der Waals surface area (Å²) in [4.78, 5) is 23.5. The molecule has 134 valence electrons. The molecule has 7 heteroatoms. The van der Waals surface area contributed by atoms with Crippen molar-refractivity contribution in [1.82, 2.24) is 5.32 Å². The first-order valence-electron chi connectivity index (χ1n) is 8.10. The minimum Gasteiger partial charge on any atom is -0.478 e. The van der Waals surface area contributed by atoms with Crippen molar-refractivity contribution in [1.29, 1.82) is 0 Å². The van der Waals surface area contributed by atoms with E-state index in [1.165, 1.54) is 17.5 Å². The van der Waals surface area contributed by atoms with Gasteiger partial charge >= 0.3 is 11.9 Å². The maximum Gasteiger partial charge on any atom is 0.328 e. The van der Waals surface area contributed by atoms with Gasteiger partial charge in [0.15, 0.2) is 0 Å². The molecule has 0 saturated carbocycles. The van der Waals surface area contributed by atoms with Crippen molar-refractivity contribution in [2.24, 2.45) is 10.9 Å². The van der Waals surface area contributed by atoms with Crippen LogP contribution in [0, 0.1) is 11.7 Å². The highest BCUT2D eigenvalue weighted by atomic mass is 19.1. The van der Waals surface area contributed by atoms with E-state index in [2.05, 4.69) is 10.3 Å². The number of hydrogen-bond donors (Lipinski definition) is 3. The van der Waals surface area contributed by atoms with Crippen LogP contribution < -0.4 is 5.32 Å². The zero-order valence-corrected chi connectivity index (χ0v) is 13.7. The van der Waals surface area contributed by atoms with E-state index in [9.17, 15) is 14.0 Å². The zero-order valence-electron chi connectivity index (χ0n) is 13.7. The van der Waals surface area contributed by atoms with Crippen molar-refractivity contribution in [3.05, 3.63) is 47.3 Å². The van der Waals surface area contributed by atoms with Crippen molar-refractivity contribution in [3.63, 3.8) is 0 Å². The van der Waals surface area contributed by atoms with E-state index in [-0.39, 0.29) is 5.82 Å². The lowest BCUT2D eigenvalue weighted by Crippen LogP contribution is -2.22. The smallest absolute Gasteiger partial charge is 0.328 e. The molecule has 6 nitrogen and oxygen atoms in total. The molecule has 2 unspecified atom stereocenters. The van der Waals surface area contributed by atoms with Crippen LogP contribution in [0.25, 0.3) is 0 Å². The van der Waals surface area contributed by atoms with Gasteiger partial charge in [-0.1, -0.05) is 6.07 Å². The number of aryl methyl sites for hydroxylation is 1. The Morgan fingerprint density at radius 1 is 1.24 bits per heavy atom. The molecule has 0 amide bonds. The van der Waals surface area contributed by atoms with E-state index >= 15 is 0 Å². The van der Waals surface area contributed by atoms with Crippen molar-refractivity contribution in [3.8, 4) is 0 Å². The van der Waals surface area contributed by atoms with Crippen LogP contribution in [-0.2, 0) is 22.4 Å². The molecular weight excluding hydrogens is 327 g/mol. The van der Waals surface area contributed by atoms with Crippen LogP contribution in [0.4, 0.5) is 4.39 Å². The molecule has 0 radical (unpaired) electrons. The minimum absolute atomic E-state index is 0.107. The van der Waals surface area contributed by atoms with Gasteiger partial charge in [-0.25, -0.2) is 14.0 Å². The monoisotopic (exact) mass is 348 g/mol. The first-order chi connectivity index (χ1) is 11.9. The average Bonchev–Trinajstić information content (AvgIpc) is 3.06. The molecule has 3 N–H and O–H groups in total. The Hall–Kier alpha value is -2.70. The summed E-state index contributed by atoms with van der Waals surface area (Å²) < 4.78 is 13.2. The van der Waals surface area contributed by atoms with Gasteiger partial charge in [-0.15, -0.1) is 0 Å². The number of aliphatic carboxylic acids is 2. The summed E-state index contributed by atoms with van der Waals surface area (Å²) in [6.45, 7) is 0.965. The number of halogens is 1. The number of carbonyl (C=O) groups is 2. The largest absolute Gasteiger partial charge is 0.478 e. The Morgan fingerprint density at radius 2 is 1.96 bits per heavy atom. The molecule has 3 rings (SSSR count). The van der Waals surface area contributed by atoms with E-state index in [1.54, 1.807) is 18.5 Å². The summed E-state index contributed by atoms with van der Waals surface area (Å²) in [5.41, 5.74) is 2.53. The van der Waals surface area contributed by atoms with Crippen LogP contribution in [-0.4, -0.2) is 41.1 Å².